The molecular formula is C19H24N2. The lowest BCUT2D eigenvalue weighted by Crippen LogP contribution is -2.35. The average Bonchev–Trinajstić information content (AvgIpc) is 2.92. The minimum absolute atomic E-state index is 0.281. The number of rotatable bonds is 4. The second-order valence-corrected chi connectivity index (χ2v) is 6.11. The van der Waals surface area contributed by atoms with Gasteiger partial charge in [0.2, 0.25) is 0 Å². The van der Waals surface area contributed by atoms with Crippen molar-refractivity contribution in [2.75, 3.05) is 20.1 Å². The van der Waals surface area contributed by atoms with E-state index in [1.165, 1.54) is 29.7 Å². The van der Waals surface area contributed by atoms with E-state index >= 15 is 0 Å². The van der Waals surface area contributed by atoms with Gasteiger partial charge in [-0.3, -0.25) is 0 Å². The van der Waals surface area contributed by atoms with Gasteiger partial charge in [-0.05, 0) is 43.6 Å². The van der Waals surface area contributed by atoms with Crippen LogP contribution in [0, 0.1) is 6.92 Å². The molecule has 1 aliphatic heterocycles. The number of hydrogen-bond acceptors (Lipinski definition) is 2. The van der Waals surface area contributed by atoms with E-state index in [9.17, 15) is 0 Å². The van der Waals surface area contributed by atoms with Gasteiger partial charge in [-0.15, -0.1) is 0 Å². The van der Waals surface area contributed by atoms with Crippen molar-refractivity contribution in [1.82, 2.24) is 10.2 Å². The standard InChI is InChI=1S/C19H24N2/c1-15-8-6-7-11-18(15)19(16-9-4-3-5-10-16)20-17-12-13-21(2)14-17/h3-11,17,19-20H,12-14H2,1-2H3. The second kappa shape index (κ2) is 6.42. The number of aryl methyl sites for hydroxylation is 1. The van der Waals surface area contributed by atoms with Crippen molar-refractivity contribution in [2.45, 2.75) is 25.4 Å². The van der Waals surface area contributed by atoms with Gasteiger partial charge in [-0.1, -0.05) is 54.6 Å². The number of likely N-dealkylation sites (N-methyl/N-ethyl adjacent to an activating group) is 1. The zero-order valence-electron chi connectivity index (χ0n) is 12.9. The Morgan fingerprint density at radius 3 is 2.43 bits per heavy atom. The van der Waals surface area contributed by atoms with E-state index in [0.717, 1.165) is 6.54 Å². The highest BCUT2D eigenvalue weighted by Crippen LogP contribution is 2.26. The van der Waals surface area contributed by atoms with Gasteiger partial charge in [0.05, 0.1) is 6.04 Å². The summed E-state index contributed by atoms with van der Waals surface area (Å²) in [6.45, 7) is 4.52. The van der Waals surface area contributed by atoms with E-state index in [0.29, 0.717) is 6.04 Å². The van der Waals surface area contributed by atoms with E-state index in [4.69, 9.17) is 0 Å². The summed E-state index contributed by atoms with van der Waals surface area (Å²) in [5.41, 5.74) is 4.09. The number of hydrogen-bond donors (Lipinski definition) is 1. The number of likely N-dealkylation sites (tertiary alicyclic amines) is 1. The van der Waals surface area contributed by atoms with Crippen LogP contribution >= 0.6 is 0 Å². The lowest BCUT2D eigenvalue weighted by atomic mass is 9.94. The first-order valence-electron chi connectivity index (χ1n) is 7.79. The van der Waals surface area contributed by atoms with Crippen LogP contribution in [0.2, 0.25) is 0 Å². The normalized spacial score (nSPS) is 20.6. The monoisotopic (exact) mass is 280 g/mol. The van der Waals surface area contributed by atoms with Crippen molar-refractivity contribution >= 4 is 0 Å². The molecule has 1 aliphatic rings. The second-order valence-electron chi connectivity index (χ2n) is 6.11. The number of nitrogens with one attached hydrogen (secondary N) is 1. The Kier molecular flexibility index (Phi) is 4.37. The fourth-order valence-electron chi connectivity index (χ4n) is 3.23. The molecule has 21 heavy (non-hydrogen) atoms. The summed E-state index contributed by atoms with van der Waals surface area (Å²) in [7, 11) is 2.20. The molecule has 0 amide bonds. The molecule has 2 atom stereocenters. The van der Waals surface area contributed by atoms with Crippen LogP contribution in [0.3, 0.4) is 0 Å². The Morgan fingerprint density at radius 1 is 1.05 bits per heavy atom. The van der Waals surface area contributed by atoms with Gasteiger partial charge < -0.3 is 10.2 Å². The molecular weight excluding hydrogens is 256 g/mol. The summed E-state index contributed by atoms with van der Waals surface area (Å²) in [5, 5.41) is 3.88. The summed E-state index contributed by atoms with van der Waals surface area (Å²) in [6.07, 6.45) is 1.23. The van der Waals surface area contributed by atoms with Gasteiger partial charge in [0.1, 0.15) is 0 Å². The first-order valence-corrected chi connectivity index (χ1v) is 7.79. The molecule has 2 heteroatoms. The van der Waals surface area contributed by atoms with Crippen LogP contribution in [0.4, 0.5) is 0 Å². The topological polar surface area (TPSA) is 15.3 Å². The maximum Gasteiger partial charge on any atom is 0.0581 e. The molecule has 2 aromatic carbocycles. The van der Waals surface area contributed by atoms with Crippen molar-refractivity contribution in [3.8, 4) is 0 Å². The Bertz CT molecular complexity index is 579. The Balaban J connectivity index is 1.90. The molecule has 0 aromatic heterocycles. The molecule has 1 heterocycles. The third-order valence-corrected chi connectivity index (χ3v) is 4.43. The van der Waals surface area contributed by atoms with Gasteiger partial charge in [0, 0.05) is 12.6 Å². The van der Waals surface area contributed by atoms with E-state index in [2.05, 4.69) is 78.8 Å². The van der Waals surface area contributed by atoms with Crippen LogP contribution in [0.25, 0.3) is 0 Å². The number of nitrogens with zero attached hydrogens (tertiary/aromatic N) is 1. The highest BCUT2D eigenvalue weighted by Gasteiger charge is 2.24. The molecule has 0 saturated carbocycles. The lowest BCUT2D eigenvalue weighted by molar-refractivity contribution is 0.390. The molecule has 1 saturated heterocycles. The molecule has 0 aliphatic carbocycles. The van der Waals surface area contributed by atoms with Gasteiger partial charge >= 0.3 is 0 Å². The molecule has 1 N–H and O–H groups in total. The predicted octanol–water partition coefficient (Wildman–Crippen LogP) is 3.38. The summed E-state index contributed by atoms with van der Waals surface area (Å²) in [5.74, 6) is 0. The summed E-state index contributed by atoms with van der Waals surface area (Å²) >= 11 is 0. The first kappa shape index (κ1) is 14.3. The quantitative estimate of drug-likeness (QED) is 0.923. The van der Waals surface area contributed by atoms with Crippen molar-refractivity contribution in [1.29, 1.82) is 0 Å². The maximum absolute atomic E-state index is 3.88. The zero-order chi connectivity index (χ0) is 14.7. The van der Waals surface area contributed by atoms with E-state index in [1.807, 2.05) is 0 Å². The first-order chi connectivity index (χ1) is 10.2. The summed E-state index contributed by atoms with van der Waals surface area (Å²) in [6, 6.07) is 20.3. The average molecular weight is 280 g/mol. The van der Waals surface area contributed by atoms with Crippen molar-refractivity contribution < 1.29 is 0 Å². The SMILES string of the molecule is Cc1ccccc1C(NC1CCN(C)C1)c1ccccc1. The molecule has 110 valence electrons. The van der Waals surface area contributed by atoms with Crippen molar-refractivity contribution in [3.05, 3.63) is 71.3 Å². The van der Waals surface area contributed by atoms with Crippen LogP contribution < -0.4 is 5.32 Å². The van der Waals surface area contributed by atoms with E-state index in [-0.39, 0.29) is 6.04 Å². The molecule has 0 spiro atoms. The van der Waals surface area contributed by atoms with Crippen LogP contribution in [-0.2, 0) is 0 Å². The number of benzene rings is 2. The molecule has 2 unspecified atom stereocenters. The molecule has 0 bridgehead atoms. The summed E-state index contributed by atoms with van der Waals surface area (Å²) in [4.78, 5) is 2.40. The van der Waals surface area contributed by atoms with Gasteiger partial charge in [-0.2, -0.15) is 0 Å². The summed E-state index contributed by atoms with van der Waals surface area (Å²) < 4.78 is 0. The van der Waals surface area contributed by atoms with Crippen LogP contribution in [0.5, 0.6) is 0 Å². The van der Waals surface area contributed by atoms with E-state index in [1.54, 1.807) is 0 Å². The van der Waals surface area contributed by atoms with Crippen LogP contribution in [0.15, 0.2) is 54.6 Å². The zero-order valence-corrected chi connectivity index (χ0v) is 12.9. The van der Waals surface area contributed by atoms with Gasteiger partial charge in [0.25, 0.3) is 0 Å². The largest absolute Gasteiger partial charge is 0.305 e. The molecule has 0 radical (unpaired) electrons. The Labute approximate surface area is 127 Å². The lowest BCUT2D eigenvalue weighted by Gasteiger charge is -2.25. The molecule has 3 rings (SSSR count). The van der Waals surface area contributed by atoms with Crippen molar-refractivity contribution in [2.24, 2.45) is 0 Å². The van der Waals surface area contributed by atoms with Crippen molar-refractivity contribution in [3.63, 3.8) is 0 Å². The highest BCUT2D eigenvalue weighted by molar-refractivity contribution is 5.36. The Hall–Kier alpha value is -1.64. The third kappa shape index (κ3) is 3.34. The van der Waals surface area contributed by atoms with Crippen LogP contribution in [-0.4, -0.2) is 31.1 Å². The van der Waals surface area contributed by atoms with Gasteiger partial charge in [-0.25, -0.2) is 0 Å². The molecule has 2 aromatic rings. The fourth-order valence-corrected chi connectivity index (χ4v) is 3.23. The maximum atomic E-state index is 3.88. The minimum Gasteiger partial charge on any atom is -0.305 e. The van der Waals surface area contributed by atoms with Gasteiger partial charge in [0.15, 0.2) is 0 Å². The highest BCUT2D eigenvalue weighted by atomic mass is 15.2. The molecule has 2 nitrogen and oxygen atoms in total. The smallest absolute Gasteiger partial charge is 0.0581 e. The Morgan fingerprint density at radius 2 is 1.76 bits per heavy atom. The minimum atomic E-state index is 0.281. The third-order valence-electron chi connectivity index (χ3n) is 4.43. The van der Waals surface area contributed by atoms with E-state index < -0.39 is 0 Å². The van der Waals surface area contributed by atoms with Crippen LogP contribution in [0.1, 0.15) is 29.2 Å². The predicted molar refractivity (Wildman–Crippen MR) is 88.5 cm³/mol. The fraction of sp³-hybridized carbons (Fsp3) is 0.368. The molecule has 1 fully saturated rings.